The minimum Gasteiger partial charge on any atom is -0.346 e. The van der Waals surface area contributed by atoms with Gasteiger partial charge in [-0.1, -0.05) is 6.07 Å². The van der Waals surface area contributed by atoms with Gasteiger partial charge in [-0.05, 0) is 18.6 Å². The van der Waals surface area contributed by atoms with Crippen molar-refractivity contribution in [2.75, 3.05) is 31.6 Å². The Bertz CT molecular complexity index is 401. The van der Waals surface area contributed by atoms with E-state index in [-0.39, 0.29) is 11.9 Å². The summed E-state index contributed by atoms with van der Waals surface area (Å²) in [5, 5.41) is 0. The molecule has 1 fully saturated rings. The van der Waals surface area contributed by atoms with Crippen LogP contribution < -0.4 is 10.6 Å². The van der Waals surface area contributed by atoms with Crippen LogP contribution in [0, 0.1) is 0 Å². The first kappa shape index (κ1) is 11.9. The Morgan fingerprint density at radius 2 is 2.18 bits per heavy atom. The fourth-order valence-electron chi connectivity index (χ4n) is 1.81. The van der Waals surface area contributed by atoms with Crippen LogP contribution in [0.15, 0.2) is 18.3 Å². The third-order valence-electron chi connectivity index (χ3n) is 3.08. The fourth-order valence-corrected chi connectivity index (χ4v) is 1.81. The molecule has 0 saturated carbocycles. The van der Waals surface area contributed by atoms with Gasteiger partial charge in [0.2, 0.25) is 5.91 Å². The molecule has 92 valence electrons. The number of amides is 1. The average molecular weight is 234 g/mol. The Balaban J connectivity index is 2.10. The summed E-state index contributed by atoms with van der Waals surface area (Å²) in [5.74, 6) is 0.977. The molecule has 0 radical (unpaired) electrons. The maximum absolute atomic E-state index is 11.6. The van der Waals surface area contributed by atoms with E-state index in [1.165, 1.54) is 0 Å². The second-order valence-electron chi connectivity index (χ2n) is 4.48. The summed E-state index contributed by atoms with van der Waals surface area (Å²) in [7, 11) is 1.83. The highest BCUT2D eigenvalue weighted by molar-refractivity contribution is 5.82. The number of hydrogen-bond acceptors (Lipinski definition) is 4. The number of carbonyl (C=O) groups excluding carboxylic acids is 1. The first-order valence-electron chi connectivity index (χ1n) is 5.78. The molecule has 1 amide bonds. The van der Waals surface area contributed by atoms with Crippen LogP contribution in [0.1, 0.15) is 18.5 Å². The van der Waals surface area contributed by atoms with E-state index in [0.29, 0.717) is 6.54 Å². The van der Waals surface area contributed by atoms with E-state index >= 15 is 0 Å². The summed E-state index contributed by atoms with van der Waals surface area (Å²) in [5.41, 5.74) is 6.78. The van der Waals surface area contributed by atoms with Crippen molar-refractivity contribution < 1.29 is 4.79 Å². The molecule has 2 heterocycles. The number of anilines is 1. The highest BCUT2D eigenvalue weighted by atomic mass is 16.2. The van der Waals surface area contributed by atoms with E-state index < -0.39 is 0 Å². The Labute approximate surface area is 101 Å². The first-order chi connectivity index (χ1) is 8.08. The van der Waals surface area contributed by atoms with Crippen molar-refractivity contribution in [3.8, 4) is 0 Å². The maximum Gasteiger partial charge on any atom is 0.241 e. The highest BCUT2D eigenvalue weighted by Gasteiger charge is 2.21. The SMILES string of the molecule is C[C@@H](N)c1ccc(N2CCN(C)C(=O)C2)nc1. The van der Waals surface area contributed by atoms with Crippen molar-refractivity contribution in [3.63, 3.8) is 0 Å². The summed E-state index contributed by atoms with van der Waals surface area (Å²) in [6, 6.07) is 3.89. The number of hydrogen-bond donors (Lipinski definition) is 1. The van der Waals surface area contributed by atoms with Gasteiger partial charge in [0.1, 0.15) is 5.82 Å². The van der Waals surface area contributed by atoms with Gasteiger partial charge < -0.3 is 15.5 Å². The van der Waals surface area contributed by atoms with Gasteiger partial charge in [-0.25, -0.2) is 4.98 Å². The summed E-state index contributed by atoms with van der Waals surface area (Å²) < 4.78 is 0. The Morgan fingerprint density at radius 1 is 1.41 bits per heavy atom. The summed E-state index contributed by atoms with van der Waals surface area (Å²) in [6.45, 7) is 3.90. The van der Waals surface area contributed by atoms with Crippen molar-refractivity contribution in [2.24, 2.45) is 5.73 Å². The molecular formula is C12H18N4O. The third kappa shape index (κ3) is 2.55. The zero-order valence-electron chi connectivity index (χ0n) is 10.3. The monoisotopic (exact) mass is 234 g/mol. The quantitative estimate of drug-likeness (QED) is 0.803. The number of likely N-dealkylation sites (N-methyl/N-ethyl adjacent to an activating group) is 1. The Hall–Kier alpha value is -1.62. The van der Waals surface area contributed by atoms with Crippen LogP contribution in [-0.4, -0.2) is 42.5 Å². The van der Waals surface area contributed by atoms with Crippen LogP contribution >= 0.6 is 0 Å². The topological polar surface area (TPSA) is 62.5 Å². The number of nitrogens with two attached hydrogens (primary N) is 1. The standard InChI is InChI=1S/C12H18N4O/c1-9(13)10-3-4-11(14-7-10)16-6-5-15(2)12(17)8-16/h3-4,7,9H,5-6,8,13H2,1-2H3/t9-/m1/s1. The molecule has 2 N–H and O–H groups in total. The van der Waals surface area contributed by atoms with Gasteiger partial charge in [0, 0.05) is 32.4 Å². The van der Waals surface area contributed by atoms with Crippen LogP contribution in [0.5, 0.6) is 0 Å². The van der Waals surface area contributed by atoms with Crippen molar-refractivity contribution in [1.29, 1.82) is 0 Å². The second-order valence-corrected chi connectivity index (χ2v) is 4.48. The number of carbonyl (C=O) groups is 1. The van der Waals surface area contributed by atoms with Gasteiger partial charge in [-0.3, -0.25) is 4.79 Å². The van der Waals surface area contributed by atoms with Gasteiger partial charge >= 0.3 is 0 Å². The molecule has 0 aromatic carbocycles. The smallest absolute Gasteiger partial charge is 0.241 e. The van der Waals surface area contributed by atoms with Gasteiger partial charge in [0.15, 0.2) is 0 Å². The molecule has 0 aliphatic carbocycles. The summed E-state index contributed by atoms with van der Waals surface area (Å²) in [6.07, 6.45) is 1.78. The lowest BCUT2D eigenvalue weighted by Crippen LogP contribution is -2.48. The summed E-state index contributed by atoms with van der Waals surface area (Å²) >= 11 is 0. The van der Waals surface area contributed by atoms with Crippen molar-refractivity contribution >= 4 is 11.7 Å². The Morgan fingerprint density at radius 3 is 2.71 bits per heavy atom. The van der Waals surface area contributed by atoms with Gasteiger partial charge in [-0.2, -0.15) is 0 Å². The number of piperazine rings is 1. The van der Waals surface area contributed by atoms with Gasteiger partial charge in [0.05, 0.1) is 6.54 Å². The summed E-state index contributed by atoms with van der Waals surface area (Å²) in [4.78, 5) is 19.7. The van der Waals surface area contributed by atoms with E-state index in [2.05, 4.69) is 4.98 Å². The van der Waals surface area contributed by atoms with Gasteiger partial charge in [-0.15, -0.1) is 0 Å². The molecule has 1 saturated heterocycles. The molecule has 1 aromatic heterocycles. The lowest BCUT2D eigenvalue weighted by molar-refractivity contribution is -0.129. The second kappa shape index (κ2) is 4.71. The minimum atomic E-state index is -0.00864. The number of nitrogens with zero attached hydrogens (tertiary/aromatic N) is 3. The van der Waals surface area contributed by atoms with Crippen molar-refractivity contribution in [3.05, 3.63) is 23.9 Å². The third-order valence-corrected chi connectivity index (χ3v) is 3.08. The molecule has 1 atom stereocenters. The predicted molar refractivity (Wildman–Crippen MR) is 66.7 cm³/mol. The zero-order valence-corrected chi connectivity index (χ0v) is 10.3. The lowest BCUT2D eigenvalue weighted by atomic mass is 10.1. The molecule has 0 spiro atoms. The number of pyridine rings is 1. The predicted octanol–water partition coefficient (Wildman–Crippen LogP) is 0.380. The van der Waals surface area contributed by atoms with E-state index in [0.717, 1.165) is 24.5 Å². The normalized spacial score (nSPS) is 18.4. The van der Waals surface area contributed by atoms with Crippen molar-refractivity contribution in [1.82, 2.24) is 9.88 Å². The molecule has 0 bridgehead atoms. The van der Waals surface area contributed by atoms with Crippen LogP contribution in [0.25, 0.3) is 0 Å². The molecule has 17 heavy (non-hydrogen) atoms. The van der Waals surface area contributed by atoms with E-state index in [1.807, 2.05) is 31.0 Å². The molecule has 0 unspecified atom stereocenters. The fraction of sp³-hybridized carbons (Fsp3) is 0.500. The van der Waals surface area contributed by atoms with Crippen molar-refractivity contribution in [2.45, 2.75) is 13.0 Å². The maximum atomic E-state index is 11.6. The molecule has 1 aliphatic rings. The van der Waals surface area contributed by atoms with E-state index in [4.69, 9.17) is 5.73 Å². The number of aromatic nitrogens is 1. The van der Waals surface area contributed by atoms with Gasteiger partial charge in [0.25, 0.3) is 0 Å². The molecule has 1 aromatic rings. The van der Waals surface area contributed by atoms with E-state index in [9.17, 15) is 4.79 Å². The largest absolute Gasteiger partial charge is 0.346 e. The molecule has 5 nitrogen and oxygen atoms in total. The molecule has 1 aliphatic heterocycles. The lowest BCUT2D eigenvalue weighted by Gasteiger charge is -2.32. The molecule has 5 heteroatoms. The number of rotatable bonds is 2. The van der Waals surface area contributed by atoms with Crippen LogP contribution in [0.4, 0.5) is 5.82 Å². The first-order valence-corrected chi connectivity index (χ1v) is 5.78. The Kier molecular flexibility index (Phi) is 3.28. The highest BCUT2D eigenvalue weighted by Crippen LogP contribution is 2.16. The molecule has 2 rings (SSSR count). The minimum absolute atomic E-state index is 0.00864. The van der Waals surface area contributed by atoms with E-state index in [1.54, 1.807) is 11.1 Å². The zero-order chi connectivity index (χ0) is 12.4. The van der Waals surface area contributed by atoms with Crippen LogP contribution in [-0.2, 0) is 4.79 Å². The molecular weight excluding hydrogens is 216 g/mol. The van der Waals surface area contributed by atoms with Crippen LogP contribution in [0.2, 0.25) is 0 Å². The van der Waals surface area contributed by atoms with Crippen LogP contribution in [0.3, 0.4) is 0 Å². The average Bonchev–Trinajstić information content (AvgIpc) is 2.33.